The van der Waals surface area contributed by atoms with Gasteiger partial charge in [0.25, 0.3) is 0 Å². The Labute approximate surface area is 121 Å². The minimum atomic E-state index is -3.64. The van der Waals surface area contributed by atoms with E-state index in [0.29, 0.717) is 6.07 Å². The molecule has 21 heavy (non-hydrogen) atoms. The summed E-state index contributed by atoms with van der Waals surface area (Å²) >= 11 is 0. The molecule has 0 radical (unpaired) electrons. The Balaban J connectivity index is 2.28. The van der Waals surface area contributed by atoms with Crippen molar-refractivity contribution in [2.75, 3.05) is 12.9 Å². The van der Waals surface area contributed by atoms with Crippen LogP contribution in [-0.4, -0.2) is 31.9 Å². The Morgan fingerprint density at radius 1 is 1.38 bits per heavy atom. The SMILES string of the molecule is CC(C)(C(=O)NC1COc2cc(F)cc(F)c21)S(C)(=O)=O. The van der Waals surface area contributed by atoms with Gasteiger partial charge in [-0.15, -0.1) is 0 Å². The highest BCUT2D eigenvalue weighted by atomic mass is 32.2. The monoisotopic (exact) mass is 319 g/mol. The molecule has 1 atom stereocenters. The van der Waals surface area contributed by atoms with Gasteiger partial charge in [0.2, 0.25) is 5.91 Å². The van der Waals surface area contributed by atoms with E-state index in [1.54, 1.807) is 0 Å². The van der Waals surface area contributed by atoms with E-state index >= 15 is 0 Å². The van der Waals surface area contributed by atoms with Gasteiger partial charge in [0.1, 0.15) is 28.7 Å². The Morgan fingerprint density at radius 2 is 2.00 bits per heavy atom. The van der Waals surface area contributed by atoms with Gasteiger partial charge in [-0.1, -0.05) is 0 Å². The molecule has 1 unspecified atom stereocenters. The molecule has 8 heteroatoms. The fraction of sp³-hybridized carbons (Fsp3) is 0.462. The standard InChI is InChI=1S/C13H15F2NO4S/c1-13(2,21(3,18)19)12(17)16-9-6-20-10-5-7(14)4-8(15)11(9)10/h4-5,9H,6H2,1-3H3,(H,16,17). The molecule has 2 rings (SSSR count). The molecule has 0 aromatic heterocycles. The van der Waals surface area contributed by atoms with Crippen molar-refractivity contribution in [2.45, 2.75) is 24.6 Å². The maximum absolute atomic E-state index is 13.8. The predicted molar refractivity (Wildman–Crippen MR) is 71.7 cm³/mol. The van der Waals surface area contributed by atoms with E-state index in [-0.39, 0.29) is 17.9 Å². The van der Waals surface area contributed by atoms with Gasteiger partial charge < -0.3 is 10.1 Å². The summed E-state index contributed by atoms with van der Waals surface area (Å²) in [4.78, 5) is 12.1. The minimum absolute atomic E-state index is 0.00922. The van der Waals surface area contributed by atoms with Gasteiger partial charge in [-0.05, 0) is 13.8 Å². The Hall–Kier alpha value is -1.70. The number of benzene rings is 1. The molecule has 1 aromatic carbocycles. The van der Waals surface area contributed by atoms with Crippen LogP contribution in [-0.2, 0) is 14.6 Å². The molecule has 1 amide bonds. The first-order chi connectivity index (χ1) is 9.54. The summed E-state index contributed by atoms with van der Waals surface area (Å²) in [5.74, 6) is -2.38. The zero-order valence-electron chi connectivity index (χ0n) is 11.7. The van der Waals surface area contributed by atoms with Gasteiger partial charge >= 0.3 is 0 Å². The quantitative estimate of drug-likeness (QED) is 0.912. The van der Waals surface area contributed by atoms with Crippen molar-refractivity contribution >= 4 is 15.7 Å². The summed E-state index contributed by atoms with van der Waals surface area (Å²) in [5, 5.41) is 2.44. The number of hydrogen-bond acceptors (Lipinski definition) is 4. The average Bonchev–Trinajstić information content (AvgIpc) is 2.70. The molecule has 1 heterocycles. The molecule has 0 bridgehead atoms. The summed E-state index contributed by atoms with van der Waals surface area (Å²) in [7, 11) is -3.64. The zero-order chi connectivity index (χ0) is 16.0. The van der Waals surface area contributed by atoms with Crippen LogP contribution in [0, 0.1) is 11.6 Å². The number of sulfone groups is 1. The van der Waals surface area contributed by atoms with Crippen molar-refractivity contribution in [3.63, 3.8) is 0 Å². The lowest BCUT2D eigenvalue weighted by Gasteiger charge is -2.23. The van der Waals surface area contributed by atoms with E-state index in [1.165, 1.54) is 13.8 Å². The van der Waals surface area contributed by atoms with Crippen LogP contribution in [0.2, 0.25) is 0 Å². The molecule has 1 N–H and O–H groups in total. The molecule has 0 spiro atoms. The molecular formula is C13H15F2NO4S. The van der Waals surface area contributed by atoms with E-state index < -0.39 is 38.2 Å². The number of amides is 1. The Kier molecular flexibility index (Phi) is 3.69. The fourth-order valence-electron chi connectivity index (χ4n) is 1.89. The molecule has 5 nitrogen and oxygen atoms in total. The topological polar surface area (TPSA) is 72.5 Å². The lowest BCUT2D eigenvalue weighted by Crippen LogP contribution is -2.48. The number of nitrogens with one attached hydrogen (secondary N) is 1. The first-order valence-electron chi connectivity index (χ1n) is 6.16. The van der Waals surface area contributed by atoms with Crippen LogP contribution in [0.5, 0.6) is 5.75 Å². The van der Waals surface area contributed by atoms with Crippen molar-refractivity contribution < 1.29 is 26.7 Å². The molecule has 0 saturated heterocycles. The smallest absolute Gasteiger partial charge is 0.241 e. The van der Waals surface area contributed by atoms with Crippen LogP contribution >= 0.6 is 0 Å². The number of carbonyl (C=O) groups excluding carboxylic acids is 1. The number of fused-ring (bicyclic) bond motifs is 1. The van der Waals surface area contributed by atoms with Crippen molar-refractivity contribution in [2.24, 2.45) is 0 Å². The normalized spacial score (nSPS) is 18.0. The zero-order valence-corrected chi connectivity index (χ0v) is 12.6. The highest BCUT2D eigenvalue weighted by Crippen LogP contribution is 2.35. The average molecular weight is 319 g/mol. The van der Waals surface area contributed by atoms with E-state index in [2.05, 4.69) is 5.32 Å². The molecule has 0 saturated carbocycles. The lowest BCUT2D eigenvalue weighted by molar-refractivity contribution is -0.123. The molecule has 1 aromatic rings. The number of carbonyl (C=O) groups is 1. The van der Waals surface area contributed by atoms with Gasteiger partial charge in [0.05, 0.1) is 11.6 Å². The first-order valence-corrected chi connectivity index (χ1v) is 8.05. The van der Waals surface area contributed by atoms with Crippen LogP contribution in [0.1, 0.15) is 25.5 Å². The van der Waals surface area contributed by atoms with Crippen LogP contribution in [0.25, 0.3) is 0 Å². The summed E-state index contributed by atoms with van der Waals surface area (Å²) in [5.41, 5.74) is 0.0223. The molecule has 116 valence electrons. The molecule has 0 aliphatic carbocycles. The van der Waals surface area contributed by atoms with Crippen LogP contribution < -0.4 is 10.1 Å². The van der Waals surface area contributed by atoms with Crippen molar-refractivity contribution in [1.82, 2.24) is 5.32 Å². The van der Waals surface area contributed by atoms with Gasteiger partial charge in [-0.2, -0.15) is 0 Å². The molecule has 1 aliphatic heterocycles. The third-order valence-corrected chi connectivity index (χ3v) is 5.63. The summed E-state index contributed by atoms with van der Waals surface area (Å²) in [6, 6.07) is 0.856. The Morgan fingerprint density at radius 3 is 2.57 bits per heavy atom. The second-order valence-electron chi connectivity index (χ2n) is 5.42. The second-order valence-corrected chi connectivity index (χ2v) is 7.98. The third kappa shape index (κ3) is 2.72. The number of hydrogen-bond donors (Lipinski definition) is 1. The molecule has 1 aliphatic rings. The summed E-state index contributed by atoms with van der Waals surface area (Å²) < 4.78 is 53.6. The van der Waals surface area contributed by atoms with Gasteiger partial charge in [-0.25, -0.2) is 17.2 Å². The third-order valence-electron chi connectivity index (χ3n) is 3.59. The van der Waals surface area contributed by atoms with E-state index in [1.807, 2.05) is 0 Å². The summed E-state index contributed by atoms with van der Waals surface area (Å²) in [6.07, 6.45) is 0.946. The second kappa shape index (κ2) is 4.94. The first kappa shape index (κ1) is 15.7. The largest absolute Gasteiger partial charge is 0.490 e. The fourth-order valence-corrected chi connectivity index (χ4v) is 2.29. The lowest BCUT2D eigenvalue weighted by atomic mass is 10.1. The number of halogens is 2. The Bertz CT molecular complexity index is 700. The highest BCUT2D eigenvalue weighted by Gasteiger charge is 2.41. The van der Waals surface area contributed by atoms with Crippen LogP contribution in [0.3, 0.4) is 0 Å². The van der Waals surface area contributed by atoms with Gasteiger partial charge in [-0.3, -0.25) is 4.79 Å². The van der Waals surface area contributed by atoms with Crippen molar-refractivity contribution in [3.05, 3.63) is 29.3 Å². The van der Waals surface area contributed by atoms with Crippen LogP contribution in [0.15, 0.2) is 12.1 Å². The predicted octanol–water partition coefficient (Wildman–Crippen LogP) is 1.34. The van der Waals surface area contributed by atoms with E-state index in [4.69, 9.17) is 4.74 Å². The van der Waals surface area contributed by atoms with E-state index in [9.17, 15) is 22.0 Å². The van der Waals surface area contributed by atoms with Gasteiger partial charge in [0.15, 0.2) is 9.84 Å². The van der Waals surface area contributed by atoms with Crippen LogP contribution in [0.4, 0.5) is 8.78 Å². The number of ether oxygens (including phenoxy) is 1. The highest BCUT2D eigenvalue weighted by molar-refractivity contribution is 7.92. The van der Waals surface area contributed by atoms with E-state index in [0.717, 1.165) is 12.3 Å². The summed E-state index contributed by atoms with van der Waals surface area (Å²) in [6.45, 7) is 2.44. The van der Waals surface area contributed by atoms with Gasteiger partial charge in [0, 0.05) is 18.4 Å². The molecular weight excluding hydrogens is 304 g/mol. The minimum Gasteiger partial charge on any atom is -0.490 e. The maximum atomic E-state index is 13.8. The van der Waals surface area contributed by atoms with Crippen molar-refractivity contribution in [3.8, 4) is 5.75 Å². The van der Waals surface area contributed by atoms with Crippen molar-refractivity contribution in [1.29, 1.82) is 0 Å². The maximum Gasteiger partial charge on any atom is 0.241 e. The molecule has 0 fully saturated rings. The number of rotatable bonds is 3.